The molecule has 33 heavy (non-hydrogen) atoms. The molecule has 4 aliphatic carbocycles. The van der Waals surface area contributed by atoms with Crippen LogP contribution in [0.15, 0.2) is 30.3 Å². The van der Waals surface area contributed by atoms with Gasteiger partial charge in [-0.25, -0.2) is 0 Å². The molecule has 2 bridgehead atoms. The van der Waals surface area contributed by atoms with Gasteiger partial charge in [0.05, 0.1) is 17.7 Å². The molecule has 6 atom stereocenters. The van der Waals surface area contributed by atoms with E-state index in [0.29, 0.717) is 36.0 Å². The summed E-state index contributed by atoms with van der Waals surface area (Å²) in [5.41, 5.74) is 1.10. The van der Waals surface area contributed by atoms with Gasteiger partial charge in [0.15, 0.2) is 5.78 Å². The first kappa shape index (κ1) is 23.1. The molecule has 1 N–H and O–H groups in total. The second-order valence-electron chi connectivity index (χ2n) is 11.9. The van der Waals surface area contributed by atoms with Crippen LogP contribution in [0.1, 0.15) is 71.8 Å². The third-order valence-electron chi connectivity index (χ3n) is 9.20. The van der Waals surface area contributed by atoms with Gasteiger partial charge in [-0.15, -0.1) is 0 Å². The van der Waals surface area contributed by atoms with Crippen molar-refractivity contribution in [1.82, 2.24) is 5.32 Å². The monoisotopic (exact) mass is 451 g/mol. The molecule has 2 unspecified atom stereocenters. The number of carbonyl (C=O) groups is 2. The van der Waals surface area contributed by atoms with Gasteiger partial charge in [-0.3, -0.25) is 9.59 Å². The van der Waals surface area contributed by atoms with Gasteiger partial charge in [0.1, 0.15) is 0 Å². The van der Waals surface area contributed by atoms with Gasteiger partial charge in [0.25, 0.3) is 0 Å². The van der Waals surface area contributed by atoms with Crippen LogP contribution >= 0.6 is 0 Å². The van der Waals surface area contributed by atoms with E-state index in [1.807, 2.05) is 30.3 Å². The van der Waals surface area contributed by atoms with Crippen molar-refractivity contribution in [2.24, 2.45) is 23.2 Å². The predicted molar refractivity (Wildman–Crippen MR) is 129 cm³/mol. The fourth-order valence-electron chi connectivity index (χ4n) is 6.92. The van der Waals surface area contributed by atoms with E-state index in [9.17, 15) is 9.59 Å². The van der Waals surface area contributed by atoms with Crippen LogP contribution in [0.5, 0.6) is 0 Å². The van der Waals surface area contributed by atoms with Gasteiger partial charge in [0, 0.05) is 19.2 Å². The third kappa shape index (κ3) is 4.41. The van der Waals surface area contributed by atoms with Crippen LogP contribution in [0.4, 0.5) is 0 Å². The zero-order chi connectivity index (χ0) is 23.4. The highest BCUT2D eigenvalue weighted by Crippen LogP contribution is 2.66. The first-order valence-electron chi connectivity index (χ1n) is 12.8. The SMILES string of the molecule is CC(=O)NC(Cc1ccccc1)C(=O)CC(CC1CC1)B1O[C@@H]2C[C@@H]3C[C@@H](C3(C)C)[C@]2(C)O1. The summed E-state index contributed by atoms with van der Waals surface area (Å²) < 4.78 is 13.3. The van der Waals surface area contributed by atoms with Crippen LogP contribution in [-0.2, 0) is 25.3 Å². The molecule has 1 aliphatic heterocycles. The molecule has 4 saturated carbocycles. The number of Topliss-reactive ketones (excluding diaryl/α,β-unsaturated/α-hetero) is 1. The van der Waals surface area contributed by atoms with E-state index in [4.69, 9.17) is 9.31 Å². The van der Waals surface area contributed by atoms with Gasteiger partial charge >= 0.3 is 7.12 Å². The highest BCUT2D eigenvalue weighted by atomic mass is 16.7. The summed E-state index contributed by atoms with van der Waals surface area (Å²) in [6.45, 7) is 8.47. The number of nitrogens with one attached hydrogen (secondary N) is 1. The minimum atomic E-state index is -0.516. The molecule has 5 nitrogen and oxygen atoms in total. The van der Waals surface area contributed by atoms with Crippen LogP contribution in [0.3, 0.4) is 0 Å². The van der Waals surface area contributed by atoms with E-state index in [2.05, 4.69) is 26.1 Å². The molecule has 1 amide bonds. The quantitative estimate of drug-likeness (QED) is 0.558. The second kappa shape index (κ2) is 8.53. The first-order chi connectivity index (χ1) is 15.7. The zero-order valence-corrected chi connectivity index (χ0v) is 20.5. The Hall–Kier alpha value is -1.66. The number of carbonyl (C=O) groups excluding carboxylic acids is 2. The maximum atomic E-state index is 13.5. The molecule has 0 aromatic heterocycles. The Morgan fingerprint density at radius 2 is 1.88 bits per heavy atom. The van der Waals surface area contributed by atoms with Crippen molar-refractivity contribution in [3.63, 3.8) is 0 Å². The summed E-state index contributed by atoms with van der Waals surface area (Å²) in [6, 6.07) is 9.40. The van der Waals surface area contributed by atoms with E-state index < -0.39 is 6.04 Å². The molecular weight excluding hydrogens is 413 g/mol. The van der Waals surface area contributed by atoms with E-state index in [-0.39, 0.29) is 36.3 Å². The smallest absolute Gasteiger partial charge is 0.405 e. The molecule has 1 aromatic rings. The van der Waals surface area contributed by atoms with Crippen molar-refractivity contribution in [2.45, 2.75) is 96.2 Å². The zero-order valence-electron chi connectivity index (χ0n) is 20.5. The Morgan fingerprint density at radius 1 is 1.15 bits per heavy atom. The Balaban J connectivity index is 1.30. The number of ketones is 1. The van der Waals surface area contributed by atoms with Gasteiger partial charge in [-0.05, 0) is 61.3 Å². The van der Waals surface area contributed by atoms with Crippen molar-refractivity contribution in [2.75, 3.05) is 0 Å². The molecule has 178 valence electrons. The number of hydrogen-bond donors (Lipinski definition) is 1. The molecule has 5 fully saturated rings. The van der Waals surface area contributed by atoms with Crippen molar-refractivity contribution in [1.29, 1.82) is 0 Å². The summed E-state index contributed by atoms with van der Waals surface area (Å²) >= 11 is 0. The lowest BCUT2D eigenvalue weighted by Gasteiger charge is -2.64. The molecule has 5 aliphatic rings. The Kier molecular flexibility index (Phi) is 5.97. The second-order valence-corrected chi connectivity index (χ2v) is 11.9. The van der Waals surface area contributed by atoms with Crippen LogP contribution in [0.25, 0.3) is 0 Å². The highest BCUT2D eigenvalue weighted by molar-refractivity contribution is 6.47. The molecule has 6 rings (SSSR count). The normalized spacial score (nSPS) is 33.6. The number of amides is 1. The van der Waals surface area contributed by atoms with Gasteiger partial charge < -0.3 is 14.6 Å². The van der Waals surface area contributed by atoms with Crippen molar-refractivity contribution in [3.8, 4) is 0 Å². The van der Waals surface area contributed by atoms with E-state index in [1.165, 1.54) is 26.2 Å². The standard InChI is InChI=1S/C27H38BNO4/c1-17(30)29-22(13-18-8-6-5-7-9-18)23(31)16-21(12-19-10-11-19)28-32-25-15-20-14-24(26(20,2)3)27(25,4)33-28/h5-9,19-22,24-25H,10-16H2,1-4H3,(H,29,30)/t20-,21?,22?,24-,25+,27-/m0/s1. The molecule has 6 heteroatoms. The minimum Gasteiger partial charge on any atom is -0.405 e. The van der Waals surface area contributed by atoms with Gasteiger partial charge in [0.2, 0.25) is 5.91 Å². The maximum absolute atomic E-state index is 13.5. The van der Waals surface area contributed by atoms with Gasteiger partial charge in [-0.2, -0.15) is 0 Å². The highest BCUT2D eigenvalue weighted by Gasteiger charge is 2.68. The molecule has 0 spiro atoms. The average Bonchev–Trinajstić information content (AvgIpc) is 3.50. The molecular formula is C27H38BNO4. The average molecular weight is 451 g/mol. The molecule has 1 aromatic carbocycles. The molecule has 1 saturated heterocycles. The summed E-state index contributed by atoms with van der Waals surface area (Å²) in [5, 5.41) is 2.90. The van der Waals surface area contributed by atoms with Crippen molar-refractivity contribution in [3.05, 3.63) is 35.9 Å². The lowest BCUT2D eigenvalue weighted by Crippen LogP contribution is -2.65. The van der Waals surface area contributed by atoms with E-state index in [1.54, 1.807) is 0 Å². The summed E-state index contributed by atoms with van der Waals surface area (Å²) in [7, 11) is -0.325. The Morgan fingerprint density at radius 3 is 2.52 bits per heavy atom. The van der Waals surface area contributed by atoms with Crippen molar-refractivity contribution < 1.29 is 18.9 Å². The molecule has 0 radical (unpaired) electrons. The first-order valence-corrected chi connectivity index (χ1v) is 12.8. The van der Waals surface area contributed by atoms with Crippen molar-refractivity contribution >= 4 is 18.8 Å². The number of rotatable bonds is 9. The van der Waals surface area contributed by atoms with Crippen LogP contribution in [0, 0.1) is 23.2 Å². The van der Waals surface area contributed by atoms with Crippen LogP contribution < -0.4 is 5.32 Å². The van der Waals surface area contributed by atoms with Gasteiger partial charge in [-0.1, -0.05) is 57.0 Å². The molecule has 1 heterocycles. The number of hydrogen-bond acceptors (Lipinski definition) is 4. The summed E-state index contributed by atoms with van der Waals surface area (Å²) in [4.78, 5) is 25.4. The maximum Gasteiger partial charge on any atom is 0.461 e. The van der Waals surface area contributed by atoms with Crippen LogP contribution in [-0.4, -0.2) is 36.6 Å². The summed E-state index contributed by atoms with van der Waals surface area (Å²) in [5.74, 6) is 1.85. The fourth-order valence-corrected chi connectivity index (χ4v) is 6.92. The predicted octanol–water partition coefficient (Wildman–Crippen LogP) is 4.59. The van der Waals surface area contributed by atoms with E-state index in [0.717, 1.165) is 18.4 Å². The third-order valence-corrected chi connectivity index (χ3v) is 9.20. The van der Waals surface area contributed by atoms with E-state index >= 15 is 0 Å². The Labute approximate surface area is 198 Å². The lowest BCUT2D eigenvalue weighted by molar-refractivity contribution is -0.199. The fraction of sp³-hybridized carbons (Fsp3) is 0.704. The largest absolute Gasteiger partial charge is 0.461 e. The minimum absolute atomic E-state index is 0.0415. The topological polar surface area (TPSA) is 64.6 Å². The Bertz CT molecular complexity index is 901. The van der Waals surface area contributed by atoms with Crippen LogP contribution in [0.2, 0.25) is 5.82 Å². The lowest BCUT2D eigenvalue weighted by atomic mass is 9.43. The number of benzene rings is 1. The summed E-state index contributed by atoms with van der Waals surface area (Å²) in [6.07, 6.45) is 6.75.